The average Bonchev–Trinajstić information content (AvgIpc) is 2.65. The lowest BCUT2D eigenvalue weighted by Crippen LogP contribution is -2.28. The van der Waals surface area contributed by atoms with Crippen LogP contribution in [0.3, 0.4) is 0 Å². The molecule has 100 valence electrons. The van der Waals surface area contributed by atoms with Crippen LogP contribution in [0.5, 0.6) is 0 Å². The van der Waals surface area contributed by atoms with E-state index in [2.05, 4.69) is 24.0 Å². The van der Waals surface area contributed by atoms with Crippen LogP contribution in [0, 0.1) is 0 Å². The number of hydrogen-bond acceptors (Lipinski definition) is 3. The number of hydrogen-bond donors (Lipinski definition) is 1. The van der Waals surface area contributed by atoms with Gasteiger partial charge in [-0.2, -0.15) is 0 Å². The highest BCUT2D eigenvalue weighted by Gasteiger charge is 2.11. The van der Waals surface area contributed by atoms with Gasteiger partial charge in [-0.05, 0) is 43.0 Å². The van der Waals surface area contributed by atoms with E-state index in [0.29, 0.717) is 5.92 Å². The first-order chi connectivity index (χ1) is 8.75. The van der Waals surface area contributed by atoms with Gasteiger partial charge in [-0.15, -0.1) is 0 Å². The van der Waals surface area contributed by atoms with Crippen LogP contribution in [-0.4, -0.2) is 37.7 Å². The van der Waals surface area contributed by atoms with Gasteiger partial charge in [0, 0.05) is 25.4 Å². The Hall–Kier alpha value is -1.06. The summed E-state index contributed by atoms with van der Waals surface area (Å²) < 4.78 is 5.47. The van der Waals surface area contributed by atoms with Gasteiger partial charge in [0.05, 0.1) is 6.61 Å². The molecular formula is C15H24N2O. The lowest BCUT2D eigenvalue weighted by molar-refractivity contribution is 0.141. The van der Waals surface area contributed by atoms with Gasteiger partial charge in [-0.25, -0.2) is 0 Å². The van der Waals surface area contributed by atoms with Crippen molar-refractivity contribution in [2.75, 3.05) is 38.6 Å². The molecule has 1 atom stereocenters. The Morgan fingerprint density at radius 3 is 2.78 bits per heavy atom. The van der Waals surface area contributed by atoms with Gasteiger partial charge in [0.1, 0.15) is 0 Å². The average molecular weight is 248 g/mol. The molecule has 2 N–H and O–H groups in total. The van der Waals surface area contributed by atoms with Crippen molar-refractivity contribution in [1.82, 2.24) is 4.90 Å². The molecule has 1 saturated heterocycles. The molecule has 1 aromatic carbocycles. The number of anilines is 1. The zero-order chi connectivity index (χ0) is 12.8. The number of rotatable bonds is 4. The van der Waals surface area contributed by atoms with Crippen LogP contribution in [0.15, 0.2) is 24.3 Å². The fraction of sp³-hybridized carbons (Fsp3) is 0.600. The second-order valence-electron chi connectivity index (χ2n) is 5.16. The molecule has 1 unspecified atom stereocenters. The summed E-state index contributed by atoms with van der Waals surface area (Å²) in [6, 6.07) is 8.27. The van der Waals surface area contributed by atoms with E-state index in [-0.39, 0.29) is 0 Å². The molecule has 1 aliphatic rings. The predicted molar refractivity (Wildman–Crippen MR) is 75.8 cm³/mol. The number of benzene rings is 1. The summed E-state index contributed by atoms with van der Waals surface area (Å²) >= 11 is 0. The van der Waals surface area contributed by atoms with Crippen LogP contribution >= 0.6 is 0 Å². The Bertz CT molecular complexity index is 342. The Labute approximate surface area is 110 Å². The van der Waals surface area contributed by atoms with Crippen molar-refractivity contribution >= 4 is 5.69 Å². The van der Waals surface area contributed by atoms with Gasteiger partial charge in [-0.1, -0.05) is 19.1 Å². The largest absolute Gasteiger partial charge is 0.399 e. The normalized spacial score (nSPS) is 19.4. The van der Waals surface area contributed by atoms with Crippen molar-refractivity contribution in [3.05, 3.63) is 29.8 Å². The third-order valence-corrected chi connectivity index (χ3v) is 3.70. The van der Waals surface area contributed by atoms with Crippen LogP contribution in [0.4, 0.5) is 5.69 Å². The van der Waals surface area contributed by atoms with Crippen LogP contribution in [0.25, 0.3) is 0 Å². The molecule has 3 nitrogen and oxygen atoms in total. The monoisotopic (exact) mass is 248 g/mol. The molecule has 0 bridgehead atoms. The lowest BCUT2D eigenvalue weighted by Gasteiger charge is -2.21. The molecule has 0 aliphatic carbocycles. The smallest absolute Gasteiger partial charge is 0.0593 e. The first kappa shape index (κ1) is 13.4. The van der Waals surface area contributed by atoms with Crippen LogP contribution in [0.1, 0.15) is 31.2 Å². The maximum atomic E-state index is 5.71. The minimum absolute atomic E-state index is 0.592. The molecule has 3 heteroatoms. The van der Waals surface area contributed by atoms with Gasteiger partial charge < -0.3 is 15.4 Å². The zero-order valence-corrected chi connectivity index (χ0v) is 11.3. The maximum Gasteiger partial charge on any atom is 0.0593 e. The standard InChI is InChI=1S/C15H24N2O/c1-13(14-3-5-15(16)6-4-14)7-9-17-8-2-11-18-12-10-17/h3-6,13H,2,7-12,16H2,1H3. The molecule has 18 heavy (non-hydrogen) atoms. The summed E-state index contributed by atoms with van der Waals surface area (Å²) in [6.45, 7) is 7.51. The summed E-state index contributed by atoms with van der Waals surface area (Å²) in [5.41, 5.74) is 7.94. The topological polar surface area (TPSA) is 38.5 Å². The van der Waals surface area contributed by atoms with Crippen molar-refractivity contribution in [2.24, 2.45) is 0 Å². The highest BCUT2D eigenvalue weighted by Crippen LogP contribution is 2.20. The molecule has 1 heterocycles. The summed E-state index contributed by atoms with van der Waals surface area (Å²) in [5, 5.41) is 0. The van der Waals surface area contributed by atoms with Crippen LogP contribution in [-0.2, 0) is 4.74 Å². The van der Waals surface area contributed by atoms with Crippen molar-refractivity contribution in [2.45, 2.75) is 25.7 Å². The molecular weight excluding hydrogens is 224 g/mol. The van der Waals surface area contributed by atoms with Crippen LogP contribution in [0.2, 0.25) is 0 Å². The Balaban J connectivity index is 1.80. The van der Waals surface area contributed by atoms with E-state index < -0.39 is 0 Å². The second kappa shape index (κ2) is 6.76. The van der Waals surface area contributed by atoms with Crippen LogP contribution < -0.4 is 5.73 Å². The highest BCUT2D eigenvalue weighted by atomic mass is 16.5. The predicted octanol–water partition coefficient (Wildman–Crippen LogP) is 2.48. The first-order valence-electron chi connectivity index (χ1n) is 6.91. The fourth-order valence-corrected chi connectivity index (χ4v) is 2.39. The van der Waals surface area contributed by atoms with E-state index in [1.54, 1.807) is 0 Å². The zero-order valence-electron chi connectivity index (χ0n) is 11.3. The van der Waals surface area contributed by atoms with Gasteiger partial charge in [-0.3, -0.25) is 0 Å². The molecule has 1 fully saturated rings. The molecule has 1 aromatic rings. The Morgan fingerprint density at radius 2 is 2.00 bits per heavy atom. The number of nitrogens with two attached hydrogens (primary N) is 1. The Morgan fingerprint density at radius 1 is 1.22 bits per heavy atom. The lowest BCUT2D eigenvalue weighted by atomic mass is 9.97. The molecule has 0 amide bonds. The number of ether oxygens (including phenoxy) is 1. The number of nitrogen functional groups attached to an aromatic ring is 1. The third kappa shape index (κ3) is 4.00. The van der Waals surface area contributed by atoms with Gasteiger partial charge >= 0.3 is 0 Å². The molecule has 1 aliphatic heterocycles. The SMILES string of the molecule is CC(CCN1CCCOCC1)c1ccc(N)cc1. The number of nitrogens with zero attached hydrogens (tertiary/aromatic N) is 1. The molecule has 0 aromatic heterocycles. The summed E-state index contributed by atoms with van der Waals surface area (Å²) in [4.78, 5) is 2.51. The quantitative estimate of drug-likeness (QED) is 0.832. The van der Waals surface area contributed by atoms with Crippen molar-refractivity contribution in [3.8, 4) is 0 Å². The van der Waals surface area contributed by atoms with E-state index in [1.807, 2.05) is 12.1 Å². The fourth-order valence-electron chi connectivity index (χ4n) is 2.39. The first-order valence-corrected chi connectivity index (χ1v) is 6.91. The summed E-state index contributed by atoms with van der Waals surface area (Å²) in [5.74, 6) is 0.592. The molecule has 0 saturated carbocycles. The van der Waals surface area contributed by atoms with E-state index in [9.17, 15) is 0 Å². The second-order valence-corrected chi connectivity index (χ2v) is 5.16. The summed E-state index contributed by atoms with van der Waals surface area (Å²) in [7, 11) is 0. The Kier molecular flexibility index (Phi) is 5.02. The third-order valence-electron chi connectivity index (χ3n) is 3.70. The maximum absolute atomic E-state index is 5.71. The highest BCUT2D eigenvalue weighted by molar-refractivity contribution is 5.40. The van der Waals surface area contributed by atoms with Crippen molar-refractivity contribution in [1.29, 1.82) is 0 Å². The molecule has 0 radical (unpaired) electrons. The molecule has 2 rings (SSSR count). The van der Waals surface area contributed by atoms with Crippen molar-refractivity contribution < 1.29 is 4.74 Å². The van der Waals surface area contributed by atoms with E-state index >= 15 is 0 Å². The van der Waals surface area contributed by atoms with Crippen molar-refractivity contribution in [3.63, 3.8) is 0 Å². The van der Waals surface area contributed by atoms with E-state index in [4.69, 9.17) is 10.5 Å². The minimum Gasteiger partial charge on any atom is -0.399 e. The minimum atomic E-state index is 0.592. The van der Waals surface area contributed by atoms with Gasteiger partial charge in [0.2, 0.25) is 0 Å². The van der Waals surface area contributed by atoms with Gasteiger partial charge in [0.15, 0.2) is 0 Å². The van der Waals surface area contributed by atoms with E-state index in [1.165, 1.54) is 18.5 Å². The molecule has 0 spiro atoms. The van der Waals surface area contributed by atoms with Gasteiger partial charge in [0.25, 0.3) is 0 Å². The summed E-state index contributed by atoms with van der Waals surface area (Å²) in [6.07, 6.45) is 2.36. The van der Waals surface area contributed by atoms with E-state index in [0.717, 1.165) is 38.4 Å².